The van der Waals surface area contributed by atoms with E-state index in [9.17, 15) is 9.59 Å². The number of amides is 3. The fourth-order valence-corrected chi connectivity index (χ4v) is 5.70. The highest BCUT2D eigenvalue weighted by molar-refractivity contribution is 6.35. The summed E-state index contributed by atoms with van der Waals surface area (Å²) in [7, 11) is 1.62. The van der Waals surface area contributed by atoms with Gasteiger partial charge in [-0.05, 0) is 43.5 Å². The summed E-state index contributed by atoms with van der Waals surface area (Å²) < 4.78 is 18.6. The zero-order chi connectivity index (χ0) is 28.9. The Balaban J connectivity index is 1.36. The Bertz CT molecular complexity index is 1390. The van der Waals surface area contributed by atoms with Crippen molar-refractivity contribution in [3.05, 3.63) is 47.2 Å². The van der Waals surface area contributed by atoms with E-state index in [2.05, 4.69) is 18.8 Å². The van der Waals surface area contributed by atoms with Crippen molar-refractivity contribution in [1.82, 2.24) is 19.4 Å². The minimum Gasteiger partial charge on any atom is -0.493 e. The molecule has 0 N–H and O–H groups in total. The summed E-state index contributed by atoms with van der Waals surface area (Å²) in [4.78, 5) is 36.5. The highest BCUT2D eigenvalue weighted by Crippen LogP contribution is 2.35. The number of methoxy groups -OCH3 is 1. The molecule has 0 radical (unpaired) electrons. The number of fused-ring (bicyclic) bond motifs is 1. The molecule has 11 heteroatoms. The van der Waals surface area contributed by atoms with Crippen molar-refractivity contribution in [3.63, 3.8) is 0 Å². The molecule has 3 aromatic rings. The molecule has 0 unspecified atom stereocenters. The van der Waals surface area contributed by atoms with E-state index in [1.807, 2.05) is 29.2 Å². The largest absolute Gasteiger partial charge is 0.493 e. The lowest BCUT2D eigenvalue weighted by Gasteiger charge is -2.40. The van der Waals surface area contributed by atoms with Crippen molar-refractivity contribution in [2.45, 2.75) is 58.7 Å². The molecule has 2 aromatic heterocycles. The lowest BCUT2D eigenvalue weighted by Crippen LogP contribution is -2.53. The van der Waals surface area contributed by atoms with Crippen LogP contribution < -0.4 is 14.4 Å². The number of ether oxygens (including phenoxy) is 3. The molecule has 1 aromatic carbocycles. The van der Waals surface area contributed by atoms with Gasteiger partial charge in [-0.15, -0.1) is 0 Å². The lowest BCUT2D eigenvalue weighted by molar-refractivity contribution is -0.132. The molecule has 3 amide bonds. The number of rotatable bonds is 11. The monoisotopic (exact) mass is 583 g/mol. The Kier molecular flexibility index (Phi) is 9.19. The third-order valence-corrected chi connectivity index (χ3v) is 8.08. The minimum atomic E-state index is -0.0874. The van der Waals surface area contributed by atoms with Crippen molar-refractivity contribution in [3.8, 4) is 11.5 Å². The van der Waals surface area contributed by atoms with E-state index in [4.69, 9.17) is 25.8 Å². The number of hydrogen-bond donors (Lipinski definition) is 0. The summed E-state index contributed by atoms with van der Waals surface area (Å²) in [6.45, 7) is 7.33. The highest BCUT2D eigenvalue weighted by atomic mass is 35.5. The first-order chi connectivity index (χ1) is 19.9. The van der Waals surface area contributed by atoms with Crippen LogP contribution >= 0.6 is 11.6 Å². The van der Waals surface area contributed by atoms with E-state index >= 15 is 0 Å². The fraction of sp³-hybridized carbons (Fsp3) is 0.500. The Morgan fingerprint density at radius 3 is 2.80 bits per heavy atom. The zero-order valence-electron chi connectivity index (χ0n) is 24.0. The third-order valence-electron chi connectivity index (χ3n) is 7.79. The van der Waals surface area contributed by atoms with Crippen molar-refractivity contribution in [1.29, 1.82) is 0 Å². The zero-order valence-corrected chi connectivity index (χ0v) is 24.7. The van der Waals surface area contributed by atoms with E-state index in [-0.39, 0.29) is 24.5 Å². The quantitative estimate of drug-likeness (QED) is 0.284. The molecule has 0 saturated carbocycles. The SMILES string of the molecule is CCCCCOc1cc(N2CC[C@H](C)N(Cc3ccnc4c3c(Cl)cn4CC(=O)N3CCOC3)C2=O)ccc1OC. The van der Waals surface area contributed by atoms with Gasteiger partial charge in [-0.2, -0.15) is 0 Å². The number of pyridine rings is 1. The molecule has 2 saturated heterocycles. The maximum absolute atomic E-state index is 13.9. The van der Waals surface area contributed by atoms with Crippen LogP contribution in [0.5, 0.6) is 11.5 Å². The number of halogens is 1. The molecule has 41 heavy (non-hydrogen) atoms. The van der Waals surface area contributed by atoms with E-state index in [0.29, 0.717) is 61.7 Å². The predicted octanol–water partition coefficient (Wildman–Crippen LogP) is 5.30. The van der Waals surface area contributed by atoms with Crippen molar-refractivity contribution in [2.75, 3.05) is 45.0 Å². The van der Waals surface area contributed by atoms with Crippen LogP contribution in [0, 0.1) is 0 Å². The summed E-state index contributed by atoms with van der Waals surface area (Å²) in [6.07, 6.45) is 7.42. The average Bonchev–Trinajstić information content (AvgIpc) is 3.62. The van der Waals surface area contributed by atoms with E-state index in [1.54, 1.807) is 33.9 Å². The minimum absolute atomic E-state index is 0.0302. The Hall–Kier alpha value is -3.50. The summed E-state index contributed by atoms with van der Waals surface area (Å²) in [5.74, 6) is 1.24. The molecular weight excluding hydrogens is 546 g/mol. The van der Waals surface area contributed by atoms with Crippen LogP contribution in [0.15, 0.2) is 36.7 Å². The van der Waals surface area contributed by atoms with Crippen LogP contribution in [0.4, 0.5) is 10.5 Å². The first kappa shape index (κ1) is 29.0. The molecule has 5 rings (SSSR count). The molecule has 10 nitrogen and oxygen atoms in total. The molecule has 4 heterocycles. The van der Waals surface area contributed by atoms with E-state index < -0.39 is 0 Å². The van der Waals surface area contributed by atoms with Gasteiger partial charge in [-0.3, -0.25) is 9.69 Å². The summed E-state index contributed by atoms with van der Waals surface area (Å²) >= 11 is 6.70. The van der Waals surface area contributed by atoms with Gasteiger partial charge >= 0.3 is 6.03 Å². The molecule has 220 valence electrons. The number of anilines is 1. The van der Waals surface area contributed by atoms with Gasteiger partial charge in [-0.25, -0.2) is 9.78 Å². The number of benzene rings is 1. The second kappa shape index (κ2) is 13.0. The topological polar surface area (TPSA) is 89.4 Å². The van der Waals surface area contributed by atoms with Crippen molar-refractivity contribution >= 4 is 40.3 Å². The lowest BCUT2D eigenvalue weighted by atomic mass is 10.1. The molecule has 1 atom stereocenters. The normalized spacial score (nSPS) is 17.5. The van der Waals surface area contributed by atoms with E-state index in [1.165, 1.54) is 0 Å². The fourth-order valence-electron chi connectivity index (χ4n) is 5.38. The van der Waals surface area contributed by atoms with Crippen LogP contribution in [0.2, 0.25) is 5.02 Å². The summed E-state index contributed by atoms with van der Waals surface area (Å²) in [6, 6.07) is 7.47. The van der Waals surface area contributed by atoms with Gasteiger partial charge < -0.3 is 28.6 Å². The maximum atomic E-state index is 13.9. The number of unbranched alkanes of at least 4 members (excludes halogenated alkanes) is 2. The molecule has 2 aliphatic heterocycles. The number of aromatic nitrogens is 2. The van der Waals surface area contributed by atoms with Gasteiger partial charge in [0.15, 0.2) is 11.5 Å². The second-order valence-electron chi connectivity index (χ2n) is 10.6. The Labute approximate surface area is 245 Å². The highest BCUT2D eigenvalue weighted by Gasteiger charge is 2.33. The number of hydrogen-bond acceptors (Lipinski definition) is 6. The standard InChI is InChI=1S/C30H38ClN5O5/c1-4-5-6-14-41-26-16-23(7-8-25(26)39-3)35-12-10-21(2)36(30(35)38)17-22-9-11-32-29-28(22)24(31)18-34(29)19-27(37)33-13-15-40-20-33/h7-9,11,16,18,21H,4-6,10,12-15,17,19-20H2,1-3H3/t21-/m0/s1. The summed E-state index contributed by atoms with van der Waals surface area (Å²) in [5.41, 5.74) is 2.27. The number of nitrogens with zero attached hydrogens (tertiary/aromatic N) is 5. The molecule has 0 bridgehead atoms. The molecule has 0 aliphatic carbocycles. The van der Waals surface area contributed by atoms with Crippen LogP contribution in [0.25, 0.3) is 11.0 Å². The molecule has 0 spiro atoms. The first-order valence-electron chi connectivity index (χ1n) is 14.3. The van der Waals surface area contributed by atoms with Crippen LogP contribution in [-0.2, 0) is 22.6 Å². The molecule has 2 aliphatic rings. The van der Waals surface area contributed by atoms with Crippen molar-refractivity contribution in [2.24, 2.45) is 0 Å². The summed E-state index contributed by atoms with van der Waals surface area (Å²) in [5, 5.41) is 1.26. The molecule has 2 fully saturated rings. The van der Waals surface area contributed by atoms with Gasteiger partial charge in [0.2, 0.25) is 5.91 Å². The van der Waals surface area contributed by atoms with Crippen LogP contribution in [-0.4, -0.2) is 77.5 Å². The van der Waals surface area contributed by atoms with Crippen molar-refractivity contribution < 1.29 is 23.8 Å². The van der Waals surface area contributed by atoms with Gasteiger partial charge in [-0.1, -0.05) is 31.4 Å². The van der Waals surface area contributed by atoms with Crippen LogP contribution in [0.3, 0.4) is 0 Å². The Morgan fingerprint density at radius 1 is 1.20 bits per heavy atom. The van der Waals surface area contributed by atoms with Gasteiger partial charge in [0.1, 0.15) is 18.9 Å². The maximum Gasteiger partial charge on any atom is 0.325 e. The number of carbonyl (C=O) groups is 2. The predicted molar refractivity (Wildman–Crippen MR) is 158 cm³/mol. The third kappa shape index (κ3) is 6.23. The molecular formula is C30H38ClN5O5. The van der Waals surface area contributed by atoms with E-state index in [0.717, 1.165) is 42.3 Å². The van der Waals surface area contributed by atoms with Crippen LogP contribution in [0.1, 0.15) is 45.1 Å². The van der Waals surface area contributed by atoms with Gasteiger partial charge in [0.25, 0.3) is 0 Å². The number of urea groups is 1. The average molecular weight is 584 g/mol. The van der Waals surface area contributed by atoms with Gasteiger partial charge in [0.05, 0.1) is 25.3 Å². The second-order valence-corrected chi connectivity index (χ2v) is 11.0. The number of carbonyl (C=O) groups excluding carboxylic acids is 2. The first-order valence-corrected chi connectivity index (χ1v) is 14.7. The Morgan fingerprint density at radius 2 is 2.05 bits per heavy atom. The van der Waals surface area contributed by atoms with Gasteiger partial charge in [0, 0.05) is 55.2 Å². The smallest absolute Gasteiger partial charge is 0.325 e.